The fraction of sp³-hybridized carbons (Fsp3) is 0.364. The number of rotatable bonds is 3. The Morgan fingerprint density at radius 3 is 2.76 bits per heavy atom. The molecular weight excluding hydrogens is 249 g/mol. The zero-order valence-corrected chi connectivity index (χ0v) is 9.95. The van der Waals surface area contributed by atoms with E-state index in [0.717, 1.165) is 30.1 Å². The summed E-state index contributed by atoms with van der Waals surface area (Å²) in [5.41, 5.74) is 0.0166. The number of aromatic nitrogens is 1. The van der Waals surface area contributed by atoms with Gasteiger partial charge in [-0.15, -0.1) is 11.3 Å². The molecule has 0 aliphatic heterocycles. The molecule has 0 bridgehead atoms. The average Bonchev–Trinajstić information content (AvgIpc) is 2.66. The smallest absolute Gasteiger partial charge is 0.319 e. The number of likely N-dealkylation sites (N-methyl/N-ethyl adjacent to an activating group) is 1. The van der Waals surface area contributed by atoms with Gasteiger partial charge in [-0.1, -0.05) is 0 Å². The van der Waals surface area contributed by atoms with Crippen LogP contribution >= 0.6 is 11.3 Å². The van der Waals surface area contributed by atoms with Crippen molar-refractivity contribution in [3.8, 4) is 0 Å². The van der Waals surface area contributed by atoms with E-state index in [1.807, 2.05) is 7.05 Å². The van der Waals surface area contributed by atoms with Crippen LogP contribution in [-0.4, -0.2) is 18.6 Å². The standard InChI is InChI=1S/C11H11F3N2S/c1-15-5-4-10-16-8-3-2-7(11(12,13)14)6-9(8)17-10/h2-3,6,15H,4-5H2,1H3. The maximum atomic E-state index is 12.5. The minimum atomic E-state index is -4.29. The van der Waals surface area contributed by atoms with Crippen molar-refractivity contribution in [2.75, 3.05) is 13.6 Å². The lowest BCUT2D eigenvalue weighted by Gasteiger charge is -2.04. The van der Waals surface area contributed by atoms with Gasteiger partial charge in [-0.25, -0.2) is 4.98 Å². The number of benzene rings is 1. The highest BCUT2D eigenvalue weighted by molar-refractivity contribution is 7.18. The van der Waals surface area contributed by atoms with Gasteiger partial charge in [0, 0.05) is 13.0 Å². The first-order valence-electron chi connectivity index (χ1n) is 5.12. The molecule has 1 N–H and O–H groups in total. The maximum Gasteiger partial charge on any atom is 0.416 e. The first-order chi connectivity index (χ1) is 8.00. The third-order valence-corrected chi connectivity index (χ3v) is 3.43. The molecule has 0 amide bonds. The van der Waals surface area contributed by atoms with Crippen LogP contribution in [0.2, 0.25) is 0 Å². The third kappa shape index (κ3) is 2.76. The molecule has 92 valence electrons. The highest BCUT2D eigenvalue weighted by Crippen LogP contribution is 2.33. The number of fused-ring (bicyclic) bond motifs is 1. The Kier molecular flexibility index (Phi) is 3.35. The van der Waals surface area contributed by atoms with E-state index in [4.69, 9.17) is 0 Å². The van der Waals surface area contributed by atoms with Gasteiger partial charge in [0.05, 0.1) is 20.8 Å². The van der Waals surface area contributed by atoms with Gasteiger partial charge in [0.1, 0.15) is 0 Å². The predicted molar refractivity (Wildman–Crippen MR) is 62.3 cm³/mol. The van der Waals surface area contributed by atoms with Crippen LogP contribution in [-0.2, 0) is 12.6 Å². The SMILES string of the molecule is CNCCc1nc2ccc(C(F)(F)F)cc2s1. The van der Waals surface area contributed by atoms with Crippen molar-refractivity contribution in [2.24, 2.45) is 0 Å². The Morgan fingerprint density at radius 1 is 1.35 bits per heavy atom. The molecule has 0 unspecified atom stereocenters. The summed E-state index contributed by atoms with van der Waals surface area (Å²) in [5.74, 6) is 0. The summed E-state index contributed by atoms with van der Waals surface area (Å²) in [4.78, 5) is 4.28. The number of nitrogens with zero attached hydrogens (tertiary/aromatic N) is 1. The Hall–Kier alpha value is -1.14. The molecule has 17 heavy (non-hydrogen) atoms. The molecule has 0 saturated carbocycles. The molecule has 6 heteroatoms. The highest BCUT2D eigenvalue weighted by atomic mass is 32.1. The Balaban J connectivity index is 2.34. The molecule has 0 aliphatic rings. The van der Waals surface area contributed by atoms with Crippen molar-refractivity contribution in [2.45, 2.75) is 12.6 Å². The van der Waals surface area contributed by atoms with E-state index in [-0.39, 0.29) is 0 Å². The van der Waals surface area contributed by atoms with Gasteiger partial charge in [-0.3, -0.25) is 0 Å². The number of thiazole rings is 1. The van der Waals surface area contributed by atoms with Crippen LogP contribution in [0.3, 0.4) is 0 Å². The monoisotopic (exact) mass is 260 g/mol. The number of halogens is 3. The normalized spacial score (nSPS) is 12.2. The Morgan fingerprint density at radius 2 is 2.12 bits per heavy atom. The molecule has 1 aromatic carbocycles. The topological polar surface area (TPSA) is 24.9 Å². The number of nitrogens with one attached hydrogen (secondary N) is 1. The van der Waals surface area contributed by atoms with Gasteiger partial charge >= 0.3 is 6.18 Å². The molecule has 2 nitrogen and oxygen atoms in total. The summed E-state index contributed by atoms with van der Waals surface area (Å²) in [6.07, 6.45) is -3.56. The van der Waals surface area contributed by atoms with Crippen molar-refractivity contribution >= 4 is 21.6 Å². The molecular formula is C11H11F3N2S. The number of hydrogen-bond acceptors (Lipinski definition) is 3. The molecule has 1 heterocycles. The van der Waals surface area contributed by atoms with E-state index in [1.54, 1.807) is 0 Å². The maximum absolute atomic E-state index is 12.5. The highest BCUT2D eigenvalue weighted by Gasteiger charge is 2.30. The first kappa shape index (κ1) is 12.3. The average molecular weight is 260 g/mol. The Bertz CT molecular complexity index is 519. The predicted octanol–water partition coefficient (Wildman–Crippen LogP) is 3.08. The molecule has 2 rings (SSSR count). The summed E-state index contributed by atoms with van der Waals surface area (Å²) in [6.45, 7) is 0.770. The van der Waals surface area contributed by atoms with E-state index in [2.05, 4.69) is 10.3 Å². The summed E-state index contributed by atoms with van der Waals surface area (Å²) in [6, 6.07) is 3.66. The molecule has 0 spiro atoms. The fourth-order valence-corrected chi connectivity index (χ4v) is 2.49. The second kappa shape index (κ2) is 4.62. The van der Waals surface area contributed by atoms with E-state index in [0.29, 0.717) is 10.2 Å². The van der Waals surface area contributed by atoms with Crippen LogP contribution in [0.4, 0.5) is 13.2 Å². The zero-order chi connectivity index (χ0) is 12.5. The van der Waals surface area contributed by atoms with Gasteiger partial charge < -0.3 is 5.32 Å². The largest absolute Gasteiger partial charge is 0.416 e. The van der Waals surface area contributed by atoms with Crippen molar-refractivity contribution < 1.29 is 13.2 Å². The van der Waals surface area contributed by atoms with Crippen LogP contribution in [0.25, 0.3) is 10.2 Å². The molecule has 0 saturated heterocycles. The summed E-state index contributed by atoms with van der Waals surface area (Å²) < 4.78 is 38.1. The van der Waals surface area contributed by atoms with Crippen LogP contribution in [0.1, 0.15) is 10.6 Å². The van der Waals surface area contributed by atoms with E-state index < -0.39 is 11.7 Å². The van der Waals surface area contributed by atoms with Crippen molar-refractivity contribution in [1.29, 1.82) is 0 Å². The van der Waals surface area contributed by atoms with Crippen LogP contribution < -0.4 is 5.32 Å². The van der Waals surface area contributed by atoms with Gasteiger partial charge in [0.2, 0.25) is 0 Å². The van der Waals surface area contributed by atoms with E-state index in [9.17, 15) is 13.2 Å². The van der Waals surface area contributed by atoms with Crippen molar-refractivity contribution in [3.05, 3.63) is 28.8 Å². The third-order valence-electron chi connectivity index (χ3n) is 2.35. The van der Waals surface area contributed by atoms with E-state index >= 15 is 0 Å². The first-order valence-corrected chi connectivity index (χ1v) is 5.93. The summed E-state index contributed by atoms with van der Waals surface area (Å²) in [7, 11) is 1.83. The van der Waals surface area contributed by atoms with Gasteiger partial charge in [0.15, 0.2) is 0 Å². The molecule has 0 radical (unpaired) electrons. The van der Waals surface area contributed by atoms with Crippen molar-refractivity contribution in [3.63, 3.8) is 0 Å². The minimum Gasteiger partial charge on any atom is -0.319 e. The quantitative estimate of drug-likeness (QED) is 0.917. The van der Waals surface area contributed by atoms with Gasteiger partial charge in [-0.2, -0.15) is 13.2 Å². The number of alkyl halides is 3. The lowest BCUT2D eigenvalue weighted by atomic mass is 10.2. The van der Waals surface area contributed by atoms with Crippen LogP contribution in [0, 0.1) is 0 Å². The Labute approximate surface area is 100 Å². The fourth-order valence-electron chi connectivity index (χ4n) is 1.49. The second-order valence-corrected chi connectivity index (χ2v) is 4.76. The molecule has 0 atom stereocenters. The molecule has 2 aromatic rings. The minimum absolute atomic E-state index is 0.589. The molecule has 1 aromatic heterocycles. The molecule has 0 fully saturated rings. The second-order valence-electron chi connectivity index (χ2n) is 3.64. The van der Waals surface area contributed by atoms with Gasteiger partial charge in [0.25, 0.3) is 0 Å². The van der Waals surface area contributed by atoms with Gasteiger partial charge in [-0.05, 0) is 25.2 Å². The van der Waals surface area contributed by atoms with Crippen LogP contribution in [0.5, 0.6) is 0 Å². The lowest BCUT2D eigenvalue weighted by molar-refractivity contribution is -0.137. The zero-order valence-electron chi connectivity index (χ0n) is 9.14. The summed E-state index contributed by atoms with van der Waals surface area (Å²) >= 11 is 1.32. The lowest BCUT2D eigenvalue weighted by Crippen LogP contribution is -2.09. The number of hydrogen-bond donors (Lipinski definition) is 1. The van der Waals surface area contributed by atoms with E-state index in [1.165, 1.54) is 17.4 Å². The van der Waals surface area contributed by atoms with Crippen molar-refractivity contribution in [1.82, 2.24) is 10.3 Å². The summed E-state index contributed by atoms with van der Waals surface area (Å²) in [5, 5.41) is 3.84. The van der Waals surface area contributed by atoms with Crippen LogP contribution in [0.15, 0.2) is 18.2 Å². The molecule has 0 aliphatic carbocycles.